The molecule has 0 radical (unpaired) electrons. The molecule has 3 aromatic rings. The molecule has 4 N–H and O–H groups in total. The molecule has 0 aromatic heterocycles. The van der Waals surface area contributed by atoms with Gasteiger partial charge >= 0.3 is 6.09 Å². The van der Waals surface area contributed by atoms with Gasteiger partial charge in [0.15, 0.2) is 0 Å². The van der Waals surface area contributed by atoms with Crippen LogP contribution in [0.2, 0.25) is 0 Å². The molecular formula is C26H28N2O5. The van der Waals surface area contributed by atoms with Crippen LogP contribution in [-0.4, -0.2) is 41.0 Å². The molecule has 0 fully saturated rings. The predicted octanol–water partition coefficient (Wildman–Crippen LogP) is 4.24. The molecule has 7 heteroatoms. The first-order valence-corrected chi connectivity index (χ1v) is 10.6. The van der Waals surface area contributed by atoms with E-state index in [0.717, 1.165) is 12.0 Å². The third kappa shape index (κ3) is 6.33. The van der Waals surface area contributed by atoms with Gasteiger partial charge in [0.25, 0.3) is 5.91 Å². The van der Waals surface area contributed by atoms with Crippen molar-refractivity contribution in [3.8, 4) is 16.9 Å². The van der Waals surface area contributed by atoms with E-state index in [1.165, 1.54) is 23.6 Å². The zero-order chi connectivity index (χ0) is 23.8. The first kappa shape index (κ1) is 23.8. The average Bonchev–Trinajstić information content (AvgIpc) is 2.81. The van der Waals surface area contributed by atoms with E-state index < -0.39 is 24.1 Å². The zero-order valence-electron chi connectivity index (χ0n) is 18.7. The Kier molecular flexibility index (Phi) is 7.69. The Morgan fingerprint density at radius 3 is 2.24 bits per heavy atom. The van der Waals surface area contributed by atoms with Crippen LogP contribution >= 0.6 is 0 Å². The van der Waals surface area contributed by atoms with Crippen LogP contribution in [0.3, 0.4) is 0 Å². The van der Waals surface area contributed by atoms with Crippen molar-refractivity contribution in [1.82, 2.24) is 5.32 Å². The summed E-state index contributed by atoms with van der Waals surface area (Å²) in [5.74, 6) is 0.0434. The summed E-state index contributed by atoms with van der Waals surface area (Å²) in [5.41, 5.74) is 3.18. The second kappa shape index (κ2) is 10.7. The van der Waals surface area contributed by atoms with Crippen molar-refractivity contribution in [2.75, 3.05) is 18.5 Å². The minimum absolute atomic E-state index is 0.480. The third-order valence-corrected chi connectivity index (χ3v) is 5.34. The van der Waals surface area contributed by atoms with E-state index in [1.54, 1.807) is 18.2 Å². The number of carboxylic acid groups (broad SMARTS) is 1. The number of amides is 2. The molecule has 1 atom stereocenters. The molecule has 0 bridgehead atoms. The fourth-order valence-corrected chi connectivity index (χ4v) is 3.34. The lowest BCUT2D eigenvalue weighted by atomic mass is 10.0. The number of hydrogen-bond donors (Lipinski definition) is 4. The summed E-state index contributed by atoms with van der Waals surface area (Å²) in [6, 6.07) is 23.8. The Bertz CT molecular complexity index is 1100. The highest BCUT2D eigenvalue weighted by atomic mass is 16.5. The minimum Gasteiger partial charge on any atom is -0.493 e. The summed E-state index contributed by atoms with van der Waals surface area (Å²) in [7, 11) is 0. The fraction of sp³-hybridized carbons (Fsp3) is 0.231. The highest BCUT2D eigenvalue weighted by molar-refractivity contribution is 5.99. The Balaban J connectivity index is 1.55. The number of ether oxygens (including phenoxy) is 1. The highest BCUT2D eigenvalue weighted by Crippen LogP contribution is 2.24. The molecular weight excluding hydrogens is 420 g/mol. The molecule has 0 saturated carbocycles. The predicted molar refractivity (Wildman–Crippen MR) is 128 cm³/mol. The summed E-state index contributed by atoms with van der Waals surface area (Å²) in [6.45, 7) is 3.01. The van der Waals surface area contributed by atoms with E-state index in [9.17, 15) is 14.7 Å². The largest absolute Gasteiger partial charge is 0.493 e. The van der Waals surface area contributed by atoms with Gasteiger partial charge in [-0.2, -0.15) is 0 Å². The van der Waals surface area contributed by atoms with Gasteiger partial charge in [-0.25, -0.2) is 4.79 Å². The van der Waals surface area contributed by atoms with Crippen LogP contribution in [0, 0.1) is 6.92 Å². The van der Waals surface area contributed by atoms with E-state index >= 15 is 0 Å². The normalized spacial score (nSPS) is 12.5. The maximum Gasteiger partial charge on any atom is 0.405 e. The smallest absolute Gasteiger partial charge is 0.405 e. The number of aliphatic hydroxyl groups excluding tert-OH is 1. The molecule has 0 saturated heterocycles. The first-order chi connectivity index (χ1) is 15.8. The lowest BCUT2D eigenvalue weighted by Crippen LogP contribution is -2.56. The lowest BCUT2D eigenvalue weighted by Gasteiger charge is -2.26. The van der Waals surface area contributed by atoms with Gasteiger partial charge < -0.3 is 25.6 Å². The second-order valence-electron chi connectivity index (χ2n) is 8.02. The van der Waals surface area contributed by atoms with Crippen molar-refractivity contribution in [3.63, 3.8) is 0 Å². The molecule has 0 aliphatic rings. The van der Waals surface area contributed by atoms with Gasteiger partial charge in [0.05, 0.1) is 13.2 Å². The molecule has 0 heterocycles. The average molecular weight is 449 g/mol. The van der Waals surface area contributed by atoms with Crippen LogP contribution in [0.4, 0.5) is 10.5 Å². The topological polar surface area (TPSA) is 108 Å². The van der Waals surface area contributed by atoms with Gasteiger partial charge in [0.1, 0.15) is 11.3 Å². The number of carbonyl (C=O) groups is 2. The molecule has 3 rings (SSSR count). The minimum atomic E-state index is -1.65. The number of aliphatic hydroxyl groups is 1. The van der Waals surface area contributed by atoms with Crippen LogP contribution in [0.25, 0.3) is 11.1 Å². The number of carbonyl (C=O) groups excluding carboxylic acids is 1. The Labute approximate surface area is 193 Å². The van der Waals surface area contributed by atoms with Crippen LogP contribution < -0.4 is 15.4 Å². The van der Waals surface area contributed by atoms with Crippen LogP contribution in [0.5, 0.6) is 5.75 Å². The number of benzene rings is 3. The molecule has 0 aliphatic carbocycles. The van der Waals surface area contributed by atoms with Crippen molar-refractivity contribution < 1.29 is 24.5 Å². The van der Waals surface area contributed by atoms with E-state index in [2.05, 4.69) is 41.7 Å². The maximum absolute atomic E-state index is 12.4. The second-order valence-corrected chi connectivity index (χ2v) is 8.02. The van der Waals surface area contributed by atoms with Crippen LogP contribution in [0.1, 0.15) is 18.1 Å². The number of rotatable bonds is 9. The van der Waals surface area contributed by atoms with Crippen molar-refractivity contribution in [2.45, 2.75) is 25.8 Å². The van der Waals surface area contributed by atoms with E-state index in [4.69, 9.17) is 9.84 Å². The summed E-state index contributed by atoms with van der Waals surface area (Å²) in [5, 5.41) is 23.0. The van der Waals surface area contributed by atoms with E-state index in [1.807, 2.05) is 30.4 Å². The number of aryl methyl sites for hydroxylation is 1. The molecule has 7 nitrogen and oxygen atoms in total. The Hall–Kier alpha value is -3.84. The van der Waals surface area contributed by atoms with Gasteiger partial charge in [-0.05, 0) is 54.3 Å². The standard InChI is InChI=1S/C26H28N2O5/c1-18-16-22(27-24(30)26(2,17-29)28-25(31)32)12-13-23(18)33-15-14-19-8-10-21(11-9-19)20-6-4-3-5-7-20/h3-13,16,28-29H,14-15,17H2,1-2H3,(H,27,30)(H,31,32). The quantitative estimate of drug-likeness (QED) is 0.392. The van der Waals surface area contributed by atoms with Crippen molar-refractivity contribution in [1.29, 1.82) is 0 Å². The zero-order valence-corrected chi connectivity index (χ0v) is 18.7. The molecule has 2 amide bonds. The Morgan fingerprint density at radius 2 is 1.64 bits per heavy atom. The summed E-state index contributed by atoms with van der Waals surface area (Å²) >= 11 is 0. The number of hydrogen-bond acceptors (Lipinski definition) is 4. The van der Waals surface area contributed by atoms with Gasteiger partial charge in [0.2, 0.25) is 0 Å². The number of anilines is 1. The lowest BCUT2D eigenvalue weighted by molar-refractivity contribution is -0.123. The maximum atomic E-state index is 12.4. The first-order valence-electron chi connectivity index (χ1n) is 10.6. The van der Waals surface area contributed by atoms with Gasteiger partial charge in [-0.1, -0.05) is 54.6 Å². The van der Waals surface area contributed by atoms with E-state index in [0.29, 0.717) is 18.0 Å². The monoisotopic (exact) mass is 448 g/mol. The SMILES string of the molecule is Cc1cc(NC(=O)C(C)(CO)NC(=O)O)ccc1OCCc1ccc(-c2ccccc2)cc1. The fourth-order valence-electron chi connectivity index (χ4n) is 3.34. The number of nitrogens with one attached hydrogen (secondary N) is 2. The van der Waals surface area contributed by atoms with Crippen LogP contribution in [0.15, 0.2) is 72.8 Å². The third-order valence-electron chi connectivity index (χ3n) is 5.34. The molecule has 3 aromatic carbocycles. The van der Waals surface area contributed by atoms with Gasteiger partial charge in [-0.3, -0.25) is 4.79 Å². The summed E-state index contributed by atoms with van der Waals surface area (Å²) in [4.78, 5) is 23.3. The van der Waals surface area contributed by atoms with Gasteiger partial charge in [-0.15, -0.1) is 0 Å². The Morgan fingerprint density at radius 1 is 0.970 bits per heavy atom. The summed E-state index contributed by atoms with van der Waals surface area (Å²) < 4.78 is 5.91. The van der Waals surface area contributed by atoms with Crippen molar-refractivity contribution >= 4 is 17.7 Å². The molecule has 172 valence electrons. The molecule has 0 spiro atoms. The van der Waals surface area contributed by atoms with Crippen LogP contribution in [-0.2, 0) is 11.2 Å². The molecule has 33 heavy (non-hydrogen) atoms. The van der Waals surface area contributed by atoms with Crippen molar-refractivity contribution in [2.24, 2.45) is 0 Å². The van der Waals surface area contributed by atoms with E-state index in [-0.39, 0.29) is 0 Å². The molecule has 1 unspecified atom stereocenters. The summed E-state index contributed by atoms with van der Waals surface area (Å²) in [6.07, 6.45) is -0.640. The highest BCUT2D eigenvalue weighted by Gasteiger charge is 2.34. The molecule has 0 aliphatic heterocycles. The van der Waals surface area contributed by atoms with Crippen molar-refractivity contribution in [3.05, 3.63) is 83.9 Å². The van der Waals surface area contributed by atoms with Gasteiger partial charge in [0, 0.05) is 12.1 Å².